The highest BCUT2D eigenvalue weighted by atomic mass is 16.5. The molecule has 2 amide bonds. The number of rotatable bonds is 7. The Morgan fingerprint density at radius 3 is 2.50 bits per heavy atom. The Bertz CT molecular complexity index is 763. The molecule has 26 heavy (non-hydrogen) atoms. The van der Waals surface area contributed by atoms with Crippen LogP contribution in [0.15, 0.2) is 36.0 Å². The first kappa shape index (κ1) is 19.2. The molecule has 0 aliphatic heterocycles. The molecule has 7 nitrogen and oxygen atoms in total. The first-order valence-electron chi connectivity index (χ1n) is 8.28. The number of hydrogen-bond acceptors (Lipinski definition) is 5. The maximum atomic E-state index is 12.2. The van der Waals surface area contributed by atoms with Gasteiger partial charge in [-0.15, -0.1) is 0 Å². The van der Waals surface area contributed by atoms with Crippen molar-refractivity contribution >= 4 is 23.9 Å². The molecule has 7 heteroatoms. The van der Waals surface area contributed by atoms with Crippen LogP contribution in [0.3, 0.4) is 0 Å². The number of ether oxygens (including phenoxy) is 1. The fourth-order valence-electron chi connectivity index (χ4n) is 2.47. The van der Waals surface area contributed by atoms with Crippen molar-refractivity contribution in [1.29, 1.82) is 5.26 Å². The van der Waals surface area contributed by atoms with Crippen molar-refractivity contribution in [2.24, 2.45) is 5.92 Å². The van der Waals surface area contributed by atoms with Gasteiger partial charge in [0, 0.05) is 6.92 Å². The molecule has 1 atom stereocenters. The Labute approximate surface area is 152 Å². The largest absolute Gasteiger partial charge is 0.451 e. The summed E-state index contributed by atoms with van der Waals surface area (Å²) in [6, 6.07) is 11.0. The van der Waals surface area contributed by atoms with E-state index < -0.39 is 29.9 Å². The van der Waals surface area contributed by atoms with E-state index in [0.717, 1.165) is 12.8 Å². The first-order valence-corrected chi connectivity index (χ1v) is 8.28. The lowest BCUT2D eigenvalue weighted by Gasteiger charge is -2.22. The molecule has 0 unspecified atom stereocenters. The van der Waals surface area contributed by atoms with Crippen LogP contribution < -0.4 is 10.6 Å². The standard InChI is InChI=1S/C19H21N3O4/c1-13(23)21-16(10-14-6-4-3-5-7-14)18(25)26-11-17(24)22-19(2,12-20)15-8-9-15/h3-7,10,15H,8-9,11H2,1-2H3,(H,21,23)(H,22,24)/b16-10-/t19-/m0/s1. The number of nitrogens with zero attached hydrogens (tertiary/aromatic N) is 1. The summed E-state index contributed by atoms with van der Waals surface area (Å²) in [6.07, 6.45) is 3.23. The van der Waals surface area contributed by atoms with Crippen molar-refractivity contribution in [3.05, 3.63) is 41.6 Å². The van der Waals surface area contributed by atoms with E-state index in [1.807, 2.05) is 6.07 Å². The van der Waals surface area contributed by atoms with Gasteiger partial charge < -0.3 is 15.4 Å². The fourth-order valence-corrected chi connectivity index (χ4v) is 2.47. The van der Waals surface area contributed by atoms with Gasteiger partial charge in [-0.25, -0.2) is 4.79 Å². The third-order valence-corrected chi connectivity index (χ3v) is 4.00. The second-order valence-corrected chi connectivity index (χ2v) is 6.36. The summed E-state index contributed by atoms with van der Waals surface area (Å²) in [5.74, 6) is -1.69. The number of amides is 2. The monoisotopic (exact) mass is 355 g/mol. The van der Waals surface area contributed by atoms with Gasteiger partial charge in [-0.2, -0.15) is 5.26 Å². The van der Waals surface area contributed by atoms with Crippen molar-refractivity contribution in [3.63, 3.8) is 0 Å². The molecule has 0 heterocycles. The fraction of sp³-hybridized carbons (Fsp3) is 0.368. The maximum Gasteiger partial charge on any atom is 0.355 e. The maximum absolute atomic E-state index is 12.2. The summed E-state index contributed by atoms with van der Waals surface area (Å²) in [5.41, 5.74) is -0.325. The number of esters is 1. The third kappa shape index (κ3) is 5.45. The SMILES string of the molecule is CC(=O)N/C(=C\c1ccccc1)C(=O)OCC(=O)N[C@@](C)(C#N)C1CC1. The zero-order valence-electron chi connectivity index (χ0n) is 14.7. The Morgan fingerprint density at radius 1 is 1.31 bits per heavy atom. The van der Waals surface area contributed by atoms with Crippen LogP contribution in [-0.2, 0) is 19.1 Å². The van der Waals surface area contributed by atoms with Gasteiger partial charge in [-0.1, -0.05) is 30.3 Å². The van der Waals surface area contributed by atoms with Crippen LogP contribution in [0.2, 0.25) is 0 Å². The topological polar surface area (TPSA) is 108 Å². The first-order chi connectivity index (χ1) is 12.3. The molecule has 0 saturated heterocycles. The third-order valence-electron chi connectivity index (χ3n) is 4.00. The van der Waals surface area contributed by atoms with E-state index in [-0.39, 0.29) is 11.6 Å². The molecule has 0 radical (unpaired) electrons. The average molecular weight is 355 g/mol. The van der Waals surface area contributed by atoms with Crippen LogP contribution in [0.4, 0.5) is 0 Å². The molecule has 2 N–H and O–H groups in total. The minimum atomic E-state index is -0.955. The Hall–Kier alpha value is -3.14. The number of hydrogen-bond donors (Lipinski definition) is 2. The van der Waals surface area contributed by atoms with E-state index in [1.54, 1.807) is 31.2 Å². The molecule has 0 aromatic heterocycles. The van der Waals surface area contributed by atoms with Gasteiger partial charge in [0.1, 0.15) is 11.2 Å². The molecule has 1 aliphatic carbocycles. The van der Waals surface area contributed by atoms with Gasteiger partial charge in [0.15, 0.2) is 6.61 Å². The highest BCUT2D eigenvalue weighted by molar-refractivity contribution is 5.98. The Kier molecular flexibility index (Phi) is 6.12. The molecule has 1 saturated carbocycles. The van der Waals surface area contributed by atoms with Crippen molar-refractivity contribution < 1.29 is 19.1 Å². The molecule has 136 valence electrons. The number of nitriles is 1. The molecular weight excluding hydrogens is 334 g/mol. The Morgan fingerprint density at radius 2 is 1.96 bits per heavy atom. The van der Waals surface area contributed by atoms with Crippen molar-refractivity contribution in [2.75, 3.05) is 6.61 Å². The summed E-state index contributed by atoms with van der Waals surface area (Å²) in [5, 5.41) is 14.3. The average Bonchev–Trinajstić information content (AvgIpc) is 3.45. The van der Waals surface area contributed by atoms with Gasteiger partial charge in [-0.3, -0.25) is 9.59 Å². The summed E-state index contributed by atoms with van der Waals surface area (Å²) >= 11 is 0. The van der Waals surface area contributed by atoms with E-state index in [0.29, 0.717) is 5.56 Å². The number of carbonyl (C=O) groups excluding carboxylic acids is 3. The molecule has 1 aromatic rings. The van der Waals surface area contributed by atoms with Crippen molar-refractivity contribution in [1.82, 2.24) is 10.6 Å². The smallest absolute Gasteiger partial charge is 0.355 e. The summed E-state index contributed by atoms with van der Waals surface area (Å²) in [7, 11) is 0. The second-order valence-electron chi connectivity index (χ2n) is 6.36. The number of carbonyl (C=O) groups is 3. The molecule has 1 fully saturated rings. The molecule has 1 aliphatic rings. The summed E-state index contributed by atoms with van der Waals surface area (Å²) < 4.78 is 4.99. The van der Waals surface area contributed by atoms with Gasteiger partial charge >= 0.3 is 5.97 Å². The van der Waals surface area contributed by atoms with Crippen molar-refractivity contribution in [3.8, 4) is 6.07 Å². The summed E-state index contributed by atoms with van der Waals surface area (Å²) in [4.78, 5) is 35.6. The molecule has 1 aromatic carbocycles. The lowest BCUT2D eigenvalue weighted by atomic mass is 9.98. The zero-order chi connectivity index (χ0) is 19.2. The van der Waals surface area contributed by atoms with Crippen molar-refractivity contribution in [2.45, 2.75) is 32.2 Å². The minimum absolute atomic E-state index is 0.0678. The van der Waals surface area contributed by atoms with Crippen LogP contribution in [0.25, 0.3) is 6.08 Å². The van der Waals surface area contributed by atoms with Crippen LogP contribution in [0.5, 0.6) is 0 Å². The van der Waals surface area contributed by atoms with E-state index in [4.69, 9.17) is 4.74 Å². The van der Waals surface area contributed by atoms with E-state index >= 15 is 0 Å². The highest BCUT2D eigenvalue weighted by Gasteiger charge is 2.43. The predicted octanol–water partition coefficient (Wildman–Crippen LogP) is 1.52. The van der Waals surface area contributed by atoms with E-state index in [1.165, 1.54) is 13.0 Å². The van der Waals surface area contributed by atoms with Crippen LogP contribution >= 0.6 is 0 Å². The molecular formula is C19H21N3O4. The lowest BCUT2D eigenvalue weighted by Crippen LogP contribution is -2.48. The van der Waals surface area contributed by atoms with Crippen LogP contribution in [-0.4, -0.2) is 29.9 Å². The van der Waals surface area contributed by atoms with E-state index in [9.17, 15) is 19.6 Å². The Balaban J connectivity index is 1.98. The second kappa shape index (κ2) is 8.30. The normalized spacial score (nSPS) is 16.0. The molecule has 0 spiro atoms. The lowest BCUT2D eigenvalue weighted by molar-refractivity contribution is -0.146. The highest BCUT2D eigenvalue weighted by Crippen LogP contribution is 2.39. The van der Waals surface area contributed by atoms with Crippen LogP contribution in [0.1, 0.15) is 32.3 Å². The van der Waals surface area contributed by atoms with Gasteiger partial charge in [-0.05, 0) is 37.3 Å². The zero-order valence-corrected chi connectivity index (χ0v) is 14.7. The predicted molar refractivity (Wildman–Crippen MR) is 94.1 cm³/mol. The van der Waals surface area contributed by atoms with Gasteiger partial charge in [0.05, 0.1) is 6.07 Å². The number of benzene rings is 1. The molecule has 2 rings (SSSR count). The van der Waals surface area contributed by atoms with E-state index in [2.05, 4.69) is 16.7 Å². The minimum Gasteiger partial charge on any atom is -0.451 e. The van der Waals surface area contributed by atoms with Gasteiger partial charge in [0.2, 0.25) is 5.91 Å². The van der Waals surface area contributed by atoms with Crippen LogP contribution in [0, 0.1) is 17.2 Å². The quantitative estimate of drug-likeness (QED) is 0.569. The summed E-state index contributed by atoms with van der Waals surface area (Å²) in [6.45, 7) is 2.39. The molecule has 0 bridgehead atoms. The number of nitrogens with one attached hydrogen (secondary N) is 2. The van der Waals surface area contributed by atoms with Gasteiger partial charge in [0.25, 0.3) is 5.91 Å².